The zero-order valence-corrected chi connectivity index (χ0v) is 13.1. The Bertz CT molecular complexity index is 889. The van der Waals surface area contributed by atoms with Gasteiger partial charge in [0.2, 0.25) is 0 Å². The smallest absolute Gasteiger partial charge is 0.322 e. The molecule has 0 saturated heterocycles. The third-order valence-corrected chi connectivity index (χ3v) is 4.15. The molecule has 0 unspecified atom stereocenters. The van der Waals surface area contributed by atoms with E-state index in [0.717, 1.165) is 27.8 Å². The predicted molar refractivity (Wildman–Crippen MR) is 93.1 cm³/mol. The predicted octanol–water partition coefficient (Wildman–Crippen LogP) is 3.66. The fraction of sp³-hybridized carbons (Fsp3) is 0.158. The number of anilines is 1. The molecule has 1 N–H and O–H groups in total. The first-order chi connectivity index (χ1) is 11.8. The molecule has 24 heavy (non-hydrogen) atoms. The maximum atomic E-state index is 12.7. The molecule has 0 aliphatic carbocycles. The summed E-state index contributed by atoms with van der Waals surface area (Å²) in [5.74, 6) is 0.847. The standard InChI is InChI=1S/C19H17N3O2/c23-19(21-17-12-20-11-14-5-1-3-7-16(14)17)22-9-10-24-18-8-4-2-6-15(18)13-22/h1-8,11-12H,9-10,13H2,(H,21,23). The second-order valence-corrected chi connectivity index (χ2v) is 5.72. The molecule has 1 aliphatic heterocycles. The van der Waals surface area contributed by atoms with Crippen molar-refractivity contribution >= 4 is 22.5 Å². The Morgan fingerprint density at radius 1 is 1.08 bits per heavy atom. The molecule has 0 radical (unpaired) electrons. The second-order valence-electron chi connectivity index (χ2n) is 5.72. The second kappa shape index (κ2) is 6.20. The van der Waals surface area contributed by atoms with E-state index < -0.39 is 0 Å². The van der Waals surface area contributed by atoms with Gasteiger partial charge in [0.15, 0.2) is 0 Å². The van der Waals surface area contributed by atoms with Crippen molar-refractivity contribution in [1.82, 2.24) is 9.88 Å². The normalized spacial score (nSPS) is 13.8. The summed E-state index contributed by atoms with van der Waals surface area (Å²) in [5.41, 5.74) is 1.73. The molecule has 0 fully saturated rings. The number of pyridine rings is 1. The number of benzene rings is 2. The molecule has 0 spiro atoms. The molecular weight excluding hydrogens is 302 g/mol. The lowest BCUT2D eigenvalue weighted by Crippen LogP contribution is -2.36. The molecule has 120 valence electrons. The third-order valence-electron chi connectivity index (χ3n) is 4.15. The summed E-state index contributed by atoms with van der Waals surface area (Å²) in [5, 5.41) is 4.96. The van der Waals surface area contributed by atoms with Crippen LogP contribution in [0.15, 0.2) is 60.9 Å². The number of hydrogen-bond acceptors (Lipinski definition) is 3. The fourth-order valence-electron chi connectivity index (χ4n) is 2.91. The number of nitrogens with zero attached hydrogens (tertiary/aromatic N) is 2. The number of carbonyl (C=O) groups excluding carboxylic acids is 1. The van der Waals surface area contributed by atoms with E-state index in [1.807, 2.05) is 48.5 Å². The highest BCUT2D eigenvalue weighted by Crippen LogP contribution is 2.24. The number of fused-ring (bicyclic) bond motifs is 2. The first-order valence-electron chi connectivity index (χ1n) is 7.90. The first kappa shape index (κ1) is 14.5. The van der Waals surface area contributed by atoms with Crippen molar-refractivity contribution in [3.05, 3.63) is 66.5 Å². The molecule has 1 aromatic heterocycles. The lowest BCUT2D eigenvalue weighted by Gasteiger charge is -2.20. The molecule has 2 amide bonds. The van der Waals surface area contributed by atoms with Gasteiger partial charge in [0.25, 0.3) is 0 Å². The summed E-state index contributed by atoms with van der Waals surface area (Å²) in [6.07, 6.45) is 3.48. The van der Waals surface area contributed by atoms with Crippen LogP contribution in [0.25, 0.3) is 10.8 Å². The summed E-state index contributed by atoms with van der Waals surface area (Å²) in [4.78, 5) is 18.7. The molecule has 5 nitrogen and oxygen atoms in total. The molecule has 2 heterocycles. The van der Waals surface area contributed by atoms with Gasteiger partial charge in [0.1, 0.15) is 12.4 Å². The number of urea groups is 1. The Hall–Kier alpha value is -3.08. The van der Waals surface area contributed by atoms with E-state index in [1.54, 1.807) is 17.3 Å². The first-order valence-corrected chi connectivity index (χ1v) is 7.90. The van der Waals surface area contributed by atoms with Crippen molar-refractivity contribution in [2.24, 2.45) is 0 Å². The van der Waals surface area contributed by atoms with Gasteiger partial charge in [-0.1, -0.05) is 42.5 Å². The average molecular weight is 319 g/mol. The highest BCUT2D eigenvalue weighted by Gasteiger charge is 2.20. The number of nitrogens with one attached hydrogen (secondary N) is 1. The van der Waals surface area contributed by atoms with E-state index in [-0.39, 0.29) is 6.03 Å². The Labute approximate surface area is 139 Å². The van der Waals surface area contributed by atoms with Crippen molar-refractivity contribution < 1.29 is 9.53 Å². The van der Waals surface area contributed by atoms with Crippen LogP contribution in [0.3, 0.4) is 0 Å². The minimum atomic E-state index is -0.145. The van der Waals surface area contributed by atoms with Crippen LogP contribution in [-0.2, 0) is 6.54 Å². The van der Waals surface area contributed by atoms with E-state index in [2.05, 4.69) is 10.3 Å². The van der Waals surface area contributed by atoms with Gasteiger partial charge in [-0.2, -0.15) is 0 Å². The minimum Gasteiger partial charge on any atom is -0.491 e. The highest BCUT2D eigenvalue weighted by molar-refractivity contribution is 6.00. The monoisotopic (exact) mass is 319 g/mol. The molecule has 3 aromatic rings. The number of amides is 2. The number of ether oxygens (including phenoxy) is 1. The molecule has 2 aromatic carbocycles. The van der Waals surface area contributed by atoms with E-state index in [0.29, 0.717) is 19.7 Å². The Kier molecular flexibility index (Phi) is 3.75. The van der Waals surface area contributed by atoms with Crippen LogP contribution < -0.4 is 10.1 Å². The Morgan fingerprint density at radius 3 is 2.88 bits per heavy atom. The van der Waals surface area contributed by atoms with Crippen LogP contribution in [0.5, 0.6) is 5.75 Å². The van der Waals surface area contributed by atoms with Gasteiger partial charge in [-0.05, 0) is 6.07 Å². The van der Waals surface area contributed by atoms with Gasteiger partial charge in [-0.3, -0.25) is 4.98 Å². The van der Waals surface area contributed by atoms with Crippen molar-refractivity contribution in [1.29, 1.82) is 0 Å². The van der Waals surface area contributed by atoms with E-state index in [9.17, 15) is 4.79 Å². The van der Waals surface area contributed by atoms with Crippen molar-refractivity contribution in [3.8, 4) is 5.75 Å². The van der Waals surface area contributed by atoms with Gasteiger partial charge in [0, 0.05) is 22.5 Å². The maximum absolute atomic E-state index is 12.7. The van der Waals surface area contributed by atoms with E-state index in [4.69, 9.17) is 4.74 Å². The largest absolute Gasteiger partial charge is 0.491 e. The molecular formula is C19H17N3O2. The molecule has 1 aliphatic rings. The van der Waals surface area contributed by atoms with Crippen molar-refractivity contribution in [2.75, 3.05) is 18.5 Å². The Balaban J connectivity index is 1.58. The number of carbonyl (C=O) groups is 1. The summed E-state index contributed by atoms with van der Waals surface area (Å²) in [6.45, 7) is 1.55. The van der Waals surface area contributed by atoms with Crippen molar-refractivity contribution in [3.63, 3.8) is 0 Å². The van der Waals surface area contributed by atoms with E-state index in [1.165, 1.54) is 0 Å². The van der Waals surface area contributed by atoms with Crippen LogP contribution in [0, 0.1) is 0 Å². The molecule has 0 bridgehead atoms. The van der Waals surface area contributed by atoms with Crippen LogP contribution in [0.1, 0.15) is 5.56 Å². The van der Waals surface area contributed by atoms with Gasteiger partial charge in [-0.25, -0.2) is 4.79 Å². The van der Waals surface area contributed by atoms with Gasteiger partial charge in [0.05, 0.1) is 25.0 Å². The van der Waals surface area contributed by atoms with Crippen LogP contribution in [0.2, 0.25) is 0 Å². The molecule has 5 heteroatoms. The molecule has 0 saturated carbocycles. The Morgan fingerprint density at radius 2 is 1.92 bits per heavy atom. The summed E-state index contributed by atoms with van der Waals surface area (Å²) < 4.78 is 5.72. The van der Waals surface area contributed by atoms with E-state index >= 15 is 0 Å². The summed E-state index contributed by atoms with van der Waals surface area (Å²) in [7, 11) is 0. The summed E-state index contributed by atoms with van der Waals surface area (Å²) in [6, 6.07) is 15.5. The number of aromatic nitrogens is 1. The van der Waals surface area contributed by atoms with Crippen LogP contribution >= 0.6 is 0 Å². The quantitative estimate of drug-likeness (QED) is 0.745. The maximum Gasteiger partial charge on any atom is 0.322 e. The summed E-state index contributed by atoms with van der Waals surface area (Å²) >= 11 is 0. The lowest BCUT2D eigenvalue weighted by molar-refractivity contribution is 0.200. The number of hydrogen-bond donors (Lipinski definition) is 1. The van der Waals surface area contributed by atoms with Crippen molar-refractivity contribution in [2.45, 2.75) is 6.54 Å². The van der Waals surface area contributed by atoms with Crippen LogP contribution in [0.4, 0.5) is 10.5 Å². The highest BCUT2D eigenvalue weighted by atomic mass is 16.5. The molecule has 0 atom stereocenters. The van der Waals surface area contributed by atoms with Gasteiger partial charge in [-0.15, -0.1) is 0 Å². The van der Waals surface area contributed by atoms with Gasteiger partial charge >= 0.3 is 6.03 Å². The van der Waals surface area contributed by atoms with Crippen LogP contribution in [-0.4, -0.2) is 29.1 Å². The lowest BCUT2D eigenvalue weighted by atomic mass is 10.1. The third kappa shape index (κ3) is 2.76. The zero-order valence-electron chi connectivity index (χ0n) is 13.1. The average Bonchev–Trinajstić information content (AvgIpc) is 2.84. The number of para-hydroxylation sites is 1. The minimum absolute atomic E-state index is 0.145. The number of rotatable bonds is 1. The topological polar surface area (TPSA) is 54.5 Å². The zero-order chi connectivity index (χ0) is 16.4. The SMILES string of the molecule is O=C(Nc1cncc2ccccc12)N1CCOc2ccccc2C1. The fourth-order valence-corrected chi connectivity index (χ4v) is 2.91. The van der Waals surface area contributed by atoms with Gasteiger partial charge < -0.3 is 15.0 Å². The molecule has 4 rings (SSSR count).